The first-order chi connectivity index (χ1) is 7.24. The summed E-state index contributed by atoms with van der Waals surface area (Å²) in [6.07, 6.45) is 3.23. The van der Waals surface area contributed by atoms with Gasteiger partial charge < -0.3 is 10.2 Å². The highest BCUT2D eigenvalue weighted by molar-refractivity contribution is 5.90. The molecule has 1 fully saturated rings. The first-order valence-electron chi connectivity index (χ1n) is 5.20. The van der Waals surface area contributed by atoms with Crippen molar-refractivity contribution < 1.29 is 15.0 Å². The first-order valence-corrected chi connectivity index (χ1v) is 5.20. The number of carbonyl (C=O) groups is 1. The fourth-order valence-corrected chi connectivity index (χ4v) is 2.12. The molecule has 1 saturated carbocycles. The summed E-state index contributed by atoms with van der Waals surface area (Å²) in [7, 11) is 0. The van der Waals surface area contributed by atoms with E-state index in [1.165, 1.54) is 0 Å². The minimum absolute atomic E-state index is 0.0764. The van der Waals surface area contributed by atoms with Gasteiger partial charge in [0.05, 0.1) is 12.2 Å². The van der Waals surface area contributed by atoms with Crippen molar-refractivity contribution in [1.29, 1.82) is 0 Å². The van der Waals surface area contributed by atoms with Gasteiger partial charge in [0.15, 0.2) is 0 Å². The summed E-state index contributed by atoms with van der Waals surface area (Å²) in [4.78, 5) is 11.1. The topological polar surface area (TPSA) is 57.5 Å². The van der Waals surface area contributed by atoms with Gasteiger partial charge in [-0.1, -0.05) is 18.6 Å². The van der Waals surface area contributed by atoms with Crippen molar-refractivity contribution in [3.63, 3.8) is 0 Å². The van der Waals surface area contributed by atoms with Crippen molar-refractivity contribution in [3.8, 4) is 0 Å². The van der Waals surface area contributed by atoms with Crippen LogP contribution < -0.4 is 0 Å². The molecule has 0 atom stereocenters. The van der Waals surface area contributed by atoms with Crippen LogP contribution in [0.1, 0.15) is 46.7 Å². The SMILES string of the molecule is O=C(O)c1cccc(CO)c1C1CCC1. The molecule has 0 spiro atoms. The van der Waals surface area contributed by atoms with E-state index in [0.29, 0.717) is 11.5 Å². The Labute approximate surface area is 88.4 Å². The van der Waals surface area contributed by atoms with Crippen molar-refractivity contribution in [2.45, 2.75) is 31.8 Å². The smallest absolute Gasteiger partial charge is 0.335 e. The number of aliphatic hydroxyl groups is 1. The molecule has 0 heterocycles. The Kier molecular flexibility index (Phi) is 2.73. The summed E-state index contributed by atoms with van der Waals surface area (Å²) in [5, 5.41) is 18.3. The maximum Gasteiger partial charge on any atom is 0.335 e. The number of aliphatic hydroxyl groups excluding tert-OH is 1. The standard InChI is InChI=1S/C12H14O3/c13-7-9-5-2-6-10(12(14)15)11(9)8-3-1-4-8/h2,5-6,8,13H,1,3-4,7H2,(H,14,15). The lowest BCUT2D eigenvalue weighted by atomic mass is 9.76. The van der Waals surface area contributed by atoms with Gasteiger partial charge in [0, 0.05) is 0 Å². The van der Waals surface area contributed by atoms with Gasteiger partial charge >= 0.3 is 5.97 Å². The Bertz CT molecular complexity index is 380. The van der Waals surface area contributed by atoms with E-state index in [0.717, 1.165) is 30.4 Å². The lowest BCUT2D eigenvalue weighted by molar-refractivity contribution is 0.0694. The van der Waals surface area contributed by atoms with E-state index < -0.39 is 5.97 Å². The molecule has 15 heavy (non-hydrogen) atoms. The van der Waals surface area contributed by atoms with Crippen LogP contribution in [0.3, 0.4) is 0 Å². The average Bonchev–Trinajstić information content (AvgIpc) is 2.15. The number of carboxylic acids is 1. The van der Waals surface area contributed by atoms with Crippen molar-refractivity contribution in [2.24, 2.45) is 0 Å². The summed E-state index contributed by atoms with van der Waals surface area (Å²) in [6.45, 7) is -0.0764. The second-order valence-electron chi connectivity index (χ2n) is 3.97. The summed E-state index contributed by atoms with van der Waals surface area (Å²) in [5.41, 5.74) is 1.96. The summed E-state index contributed by atoms with van der Waals surface area (Å²) in [6, 6.07) is 5.12. The Hall–Kier alpha value is -1.35. The van der Waals surface area contributed by atoms with Crippen molar-refractivity contribution in [2.75, 3.05) is 0 Å². The second-order valence-corrected chi connectivity index (χ2v) is 3.97. The molecule has 2 rings (SSSR count). The summed E-state index contributed by atoms with van der Waals surface area (Å²) in [5.74, 6) is -0.563. The molecule has 0 aliphatic heterocycles. The fourth-order valence-electron chi connectivity index (χ4n) is 2.12. The van der Waals surface area contributed by atoms with Crippen LogP contribution in [0.15, 0.2) is 18.2 Å². The predicted octanol–water partition coefficient (Wildman–Crippen LogP) is 2.14. The lowest BCUT2D eigenvalue weighted by Gasteiger charge is -2.28. The quantitative estimate of drug-likeness (QED) is 0.796. The number of rotatable bonds is 3. The van der Waals surface area contributed by atoms with Crippen LogP contribution in [0.5, 0.6) is 0 Å². The second kappa shape index (κ2) is 4.03. The monoisotopic (exact) mass is 206 g/mol. The minimum Gasteiger partial charge on any atom is -0.478 e. The number of benzene rings is 1. The van der Waals surface area contributed by atoms with E-state index in [4.69, 9.17) is 5.11 Å². The Balaban J connectivity index is 2.48. The molecule has 1 aliphatic rings. The van der Waals surface area contributed by atoms with E-state index in [2.05, 4.69) is 0 Å². The van der Waals surface area contributed by atoms with E-state index in [1.807, 2.05) is 0 Å². The van der Waals surface area contributed by atoms with Gasteiger partial charge in [-0.25, -0.2) is 4.79 Å². The number of aromatic carboxylic acids is 1. The predicted molar refractivity (Wildman–Crippen MR) is 55.9 cm³/mol. The molecule has 1 aromatic carbocycles. The fraction of sp³-hybridized carbons (Fsp3) is 0.417. The molecule has 2 N–H and O–H groups in total. The molecule has 3 heteroatoms. The molecule has 0 aromatic heterocycles. The number of carboxylic acid groups (broad SMARTS) is 1. The van der Waals surface area contributed by atoms with Gasteiger partial charge in [0.2, 0.25) is 0 Å². The third-order valence-corrected chi connectivity index (χ3v) is 3.11. The highest BCUT2D eigenvalue weighted by Crippen LogP contribution is 2.39. The molecule has 0 saturated heterocycles. The van der Waals surface area contributed by atoms with E-state index in [-0.39, 0.29) is 6.61 Å². The van der Waals surface area contributed by atoms with Crippen molar-refractivity contribution >= 4 is 5.97 Å². The zero-order chi connectivity index (χ0) is 10.8. The zero-order valence-corrected chi connectivity index (χ0v) is 8.44. The zero-order valence-electron chi connectivity index (χ0n) is 8.44. The molecule has 1 aliphatic carbocycles. The average molecular weight is 206 g/mol. The van der Waals surface area contributed by atoms with Crippen molar-refractivity contribution in [1.82, 2.24) is 0 Å². The van der Waals surface area contributed by atoms with Crippen molar-refractivity contribution in [3.05, 3.63) is 34.9 Å². The molecule has 80 valence electrons. The third kappa shape index (κ3) is 1.75. The van der Waals surface area contributed by atoms with E-state index in [9.17, 15) is 9.90 Å². The van der Waals surface area contributed by atoms with Gasteiger partial charge in [0.25, 0.3) is 0 Å². The highest BCUT2D eigenvalue weighted by Gasteiger charge is 2.26. The molecule has 0 amide bonds. The van der Waals surface area contributed by atoms with Gasteiger partial charge in [-0.2, -0.15) is 0 Å². The maximum absolute atomic E-state index is 11.1. The van der Waals surface area contributed by atoms with Crippen LogP contribution in [0.4, 0.5) is 0 Å². The van der Waals surface area contributed by atoms with E-state index in [1.54, 1.807) is 18.2 Å². The minimum atomic E-state index is -0.896. The highest BCUT2D eigenvalue weighted by atomic mass is 16.4. The Morgan fingerprint density at radius 1 is 1.40 bits per heavy atom. The normalized spacial score (nSPS) is 16.1. The van der Waals surface area contributed by atoms with Crippen LogP contribution in [0.2, 0.25) is 0 Å². The van der Waals surface area contributed by atoms with Crippen LogP contribution in [-0.4, -0.2) is 16.2 Å². The van der Waals surface area contributed by atoms with Gasteiger partial charge in [0.1, 0.15) is 0 Å². The summed E-state index contributed by atoms with van der Waals surface area (Å²) < 4.78 is 0. The van der Waals surface area contributed by atoms with Gasteiger partial charge in [-0.3, -0.25) is 0 Å². The third-order valence-electron chi connectivity index (χ3n) is 3.11. The molecular weight excluding hydrogens is 192 g/mol. The van der Waals surface area contributed by atoms with E-state index >= 15 is 0 Å². The Morgan fingerprint density at radius 2 is 2.13 bits per heavy atom. The largest absolute Gasteiger partial charge is 0.478 e. The molecule has 0 bridgehead atoms. The molecule has 0 unspecified atom stereocenters. The van der Waals surface area contributed by atoms with Crippen LogP contribution in [-0.2, 0) is 6.61 Å². The van der Waals surface area contributed by atoms with Gasteiger partial charge in [-0.05, 0) is 36.0 Å². The molecule has 3 nitrogen and oxygen atoms in total. The van der Waals surface area contributed by atoms with Crippen LogP contribution in [0.25, 0.3) is 0 Å². The van der Waals surface area contributed by atoms with Gasteiger partial charge in [-0.15, -0.1) is 0 Å². The van der Waals surface area contributed by atoms with Crippen LogP contribution >= 0.6 is 0 Å². The number of hydrogen-bond acceptors (Lipinski definition) is 2. The first kappa shape index (κ1) is 10.2. The molecule has 0 radical (unpaired) electrons. The number of hydrogen-bond donors (Lipinski definition) is 2. The lowest BCUT2D eigenvalue weighted by Crippen LogP contribution is -2.16. The maximum atomic E-state index is 11.1. The van der Waals surface area contributed by atoms with Crippen LogP contribution in [0, 0.1) is 0 Å². The summed E-state index contributed by atoms with van der Waals surface area (Å²) >= 11 is 0. The molecular formula is C12H14O3. The Morgan fingerprint density at radius 3 is 2.60 bits per heavy atom. The molecule has 1 aromatic rings.